The Bertz CT molecular complexity index is 613. The Hall–Kier alpha value is -2.38. The fourth-order valence-corrected chi connectivity index (χ4v) is 1.56. The number of aromatic nitrogens is 1. The van der Waals surface area contributed by atoms with E-state index in [0.29, 0.717) is 6.33 Å². The quantitative estimate of drug-likeness (QED) is 0.334. The van der Waals surface area contributed by atoms with Gasteiger partial charge in [-0.15, -0.1) is 12.6 Å². The molecule has 23 heavy (non-hydrogen) atoms. The van der Waals surface area contributed by atoms with Gasteiger partial charge in [0.2, 0.25) is 0 Å². The Morgan fingerprint density at radius 1 is 1.35 bits per heavy atom. The number of rotatable bonds is 3. The smallest absolute Gasteiger partial charge is 0.185 e. The number of aromatic amines is 1. The maximum atomic E-state index is 11.1. The number of hydrogen-bond donors (Lipinski definition) is 5. The van der Waals surface area contributed by atoms with Crippen LogP contribution in [0.15, 0.2) is 71.7 Å². The van der Waals surface area contributed by atoms with Crippen LogP contribution in [0.4, 0.5) is 8.78 Å². The van der Waals surface area contributed by atoms with Gasteiger partial charge in [0, 0.05) is 28.7 Å². The molecule has 0 saturated heterocycles. The van der Waals surface area contributed by atoms with E-state index in [1.165, 1.54) is 11.6 Å². The topological polar surface area (TPSA) is 85.9 Å². The van der Waals surface area contributed by atoms with Crippen LogP contribution >= 0.6 is 12.6 Å². The normalized spacial score (nSPS) is 10.3. The summed E-state index contributed by atoms with van der Waals surface area (Å²) in [7, 11) is 0. The highest BCUT2D eigenvalue weighted by Crippen LogP contribution is 2.19. The van der Waals surface area contributed by atoms with Crippen molar-refractivity contribution in [3.05, 3.63) is 66.8 Å². The van der Waals surface area contributed by atoms with Crippen LogP contribution in [0.25, 0.3) is 11.3 Å². The Balaban J connectivity index is 0.000000385. The summed E-state index contributed by atoms with van der Waals surface area (Å²) in [5.74, 6) is 0. The van der Waals surface area contributed by atoms with Crippen LogP contribution < -0.4 is 5.73 Å². The van der Waals surface area contributed by atoms with Crippen molar-refractivity contribution < 1.29 is 13.9 Å². The van der Waals surface area contributed by atoms with Crippen molar-refractivity contribution in [2.45, 2.75) is 4.90 Å². The van der Waals surface area contributed by atoms with Gasteiger partial charge in [0.25, 0.3) is 0 Å². The molecule has 0 radical (unpaired) electrons. The van der Waals surface area contributed by atoms with Crippen molar-refractivity contribution in [1.29, 1.82) is 5.41 Å². The molecular formula is C16H19F2N3OS. The summed E-state index contributed by atoms with van der Waals surface area (Å²) in [4.78, 5) is 4.11. The standard InChI is InChI=1S/C10H9NS.C5H7FN2.CH3FO/c12-9-6-10(11-7-9)8-4-2-1-3-5-8;6-3-1-2-5(8)4-7;2-1-3/h1-7,11-12H;1-4,7H,8H2;3H,1H2/b;3-1+,5-2+,7-4?;. The summed E-state index contributed by atoms with van der Waals surface area (Å²) in [5.41, 5.74) is 7.60. The first-order valence-electron chi connectivity index (χ1n) is 6.41. The van der Waals surface area contributed by atoms with Gasteiger partial charge >= 0.3 is 0 Å². The molecule has 0 spiro atoms. The van der Waals surface area contributed by atoms with Crippen LogP contribution in [0.3, 0.4) is 0 Å². The third-order valence-corrected chi connectivity index (χ3v) is 2.54. The molecule has 0 aliphatic rings. The van der Waals surface area contributed by atoms with Crippen molar-refractivity contribution in [1.82, 2.24) is 4.98 Å². The molecule has 1 heterocycles. The number of nitrogens with one attached hydrogen (secondary N) is 2. The zero-order chi connectivity index (χ0) is 17.5. The molecular weight excluding hydrogens is 320 g/mol. The van der Waals surface area contributed by atoms with E-state index in [0.717, 1.165) is 22.9 Å². The number of thiol groups is 1. The summed E-state index contributed by atoms with van der Waals surface area (Å²) in [6.45, 7) is -1.25. The highest BCUT2D eigenvalue weighted by Gasteiger charge is 1.97. The van der Waals surface area contributed by atoms with E-state index in [1.807, 2.05) is 30.5 Å². The van der Waals surface area contributed by atoms with Gasteiger partial charge < -0.3 is 21.2 Å². The number of H-pyrrole nitrogens is 1. The van der Waals surface area contributed by atoms with Crippen LogP contribution in [0, 0.1) is 5.41 Å². The SMILES string of the molecule is N=C/C(N)=C\C=C\F.OCF.Sc1c[nH]c(-c2ccccc2)c1. The van der Waals surface area contributed by atoms with Gasteiger partial charge in [-0.1, -0.05) is 30.3 Å². The van der Waals surface area contributed by atoms with Crippen molar-refractivity contribution in [2.75, 3.05) is 6.86 Å². The van der Waals surface area contributed by atoms with Crippen molar-refractivity contribution in [3.8, 4) is 11.3 Å². The maximum absolute atomic E-state index is 11.1. The Morgan fingerprint density at radius 2 is 1.96 bits per heavy atom. The first kappa shape index (κ1) is 20.6. The summed E-state index contributed by atoms with van der Waals surface area (Å²) >= 11 is 4.22. The molecule has 2 rings (SSSR count). The predicted molar refractivity (Wildman–Crippen MR) is 93.0 cm³/mol. The lowest BCUT2D eigenvalue weighted by molar-refractivity contribution is 0.168. The average Bonchev–Trinajstić information content (AvgIpc) is 3.01. The molecule has 5 N–H and O–H groups in total. The van der Waals surface area contributed by atoms with Gasteiger partial charge in [-0.3, -0.25) is 0 Å². The minimum Gasteiger partial charge on any atom is -0.398 e. The lowest BCUT2D eigenvalue weighted by Crippen LogP contribution is -1.95. The largest absolute Gasteiger partial charge is 0.398 e. The molecule has 0 unspecified atom stereocenters. The summed E-state index contributed by atoms with van der Waals surface area (Å²) in [6.07, 6.45) is 5.61. The van der Waals surface area contributed by atoms with Crippen LogP contribution in [-0.2, 0) is 0 Å². The van der Waals surface area contributed by atoms with Crippen LogP contribution in [-0.4, -0.2) is 23.2 Å². The molecule has 0 aliphatic heterocycles. The second kappa shape index (κ2) is 13.3. The summed E-state index contributed by atoms with van der Waals surface area (Å²) in [5, 5.41) is 13.4. The summed E-state index contributed by atoms with van der Waals surface area (Å²) in [6, 6.07) is 12.2. The molecule has 124 valence electrons. The fourth-order valence-electron chi connectivity index (χ4n) is 1.36. The number of allylic oxidation sites excluding steroid dienone is 3. The lowest BCUT2D eigenvalue weighted by Gasteiger charge is -1.94. The van der Waals surface area contributed by atoms with Gasteiger partial charge in [0.15, 0.2) is 6.86 Å². The number of aliphatic hydroxyl groups is 1. The van der Waals surface area contributed by atoms with E-state index < -0.39 is 6.86 Å². The molecule has 0 bridgehead atoms. The molecule has 7 heteroatoms. The third kappa shape index (κ3) is 10.0. The van der Waals surface area contributed by atoms with Gasteiger partial charge in [0.05, 0.1) is 6.33 Å². The lowest BCUT2D eigenvalue weighted by atomic mass is 10.2. The van der Waals surface area contributed by atoms with Gasteiger partial charge in [-0.25, -0.2) is 8.78 Å². The Morgan fingerprint density at radius 3 is 2.39 bits per heavy atom. The molecule has 0 fully saturated rings. The number of benzene rings is 1. The molecule has 1 aromatic carbocycles. The van der Waals surface area contributed by atoms with Crippen LogP contribution in [0.5, 0.6) is 0 Å². The summed E-state index contributed by atoms with van der Waals surface area (Å²) < 4.78 is 21.0. The minimum absolute atomic E-state index is 0.235. The molecule has 2 aromatic rings. The minimum atomic E-state index is -1.25. The number of alkyl halides is 1. The number of hydrogen-bond acceptors (Lipinski definition) is 4. The molecule has 0 amide bonds. The van der Waals surface area contributed by atoms with Crippen LogP contribution in [0.2, 0.25) is 0 Å². The van der Waals surface area contributed by atoms with Crippen LogP contribution in [0.1, 0.15) is 0 Å². The molecule has 0 aliphatic carbocycles. The average molecular weight is 339 g/mol. The van der Waals surface area contributed by atoms with Crippen molar-refractivity contribution in [2.24, 2.45) is 5.73 Å². The van der Waals surface area contributed by atoms with E-state index in [2.05, 4.69) is 29.7 Å². The van der Waals surface area contributed by atoms with E-state index in [1.54, 1.807) is 0 Å². The molecule has 1 aromatic heterocycles. The zero-order valence-electron chi connectivity index (χ0n) is 12.3. The first-order valence-corrected chi connectivity index (χ1v) is 6.86. The highest BCUT2D eigenvalue weighted by molar-refractivity contribution is 7.80. The van der Waals surface area contributed by atoms with Crippen molar-refractivity contribution >= 4 is 18.8 Å². The number of nitrogens with two attached hydrogens (primary N) is 1. The number of aliphatic hydroxyl groups excluding tert-OH is 1. The monoisotopic (exact) mass is 339 g/mol. The molecule has 0 saturated carbocycles. The van der Waals surface area contributed by atoms with Gasteiger partial charge in [-0.2, -0.15) is 0 Å². The predicted octanol–water partition coefficient (Wildman–Crippen LogP) is 3.84. The zero-order valence-corrected chi connectivity index (χ0v) is 13.2. The van der Waals surface area contributed by atoms with Gasteiger partial charge in [0.1, 0.15) is 0 Å². The fraction of sp³-hybridized carbons (Fsp3) is 0.0625. The first-order chi connectivity index (χ1) is 11.1. The van der Waals surface area contributed by atoms with Gasteiger partial charge in [-0.05, 0) is 23.8 Å². The Labute approximate surface area is 139 Å². The Kier molecular flexibility index (Phi) is 11.9. The van der Waals surface area contributed by atoms with E-state index >= 15 is 0 Å². The van der Waals surface area contributed by atoms with E-state index in [4.69, 9.17) is 16.2 Å². The molecule has 4 nitrogen and oxygen atoms in total. The second-order valence-electron chi connectivity index (χ2n) is 3.89. The second-order valence-corrected chi connectivity index (χ2v) is 4.40. The van der Waals surface area contributed by atoms with E-state index in [-0.39, 0.29) is 5.70 Å². The highest BCUT2D eigenvalue weighted by atomic mass is 32.1. The molecule has 0 atom stereocenters. The number of halogens is 2. The third-order valence-electron chi connectivity index (χ3n) is 2.28. The van der Waals surface area contributed by atoms with E-state index in [9.17, 15) is 8.78 Å². The van der Waals surface area contributed by atoms with Crippen molar-refractivity contribution in [3.63, 3.8) is 0 Å². The maximum Gasteiger partial charge on any atom is 0.185 e.